The van der Waals surface area contributed by atoms with Gasteiger partial charge in [-0.3, -0.25) is 0 Å². The standard InChI is InChI=1S/C15H14ClIN2O/c1-7-6-9(7)10-4-5-11(20-10)15-18-13(8-2-3-8)12(17)14(16)19-15/h4-5,7-9H,2-3,6H2,1H3. The van der Waals surface area contributed by atoms with Gasteiger partial charge in [0.05, 0.1) is 9.26 Å². The van der Waals surface area contributed by atoms with E-state index < -0.39 is 0 Å². The van der Waals surface area contributed by atoms with E-state index in [0.717, 1.165) is 26.7 Å². The lowest BCUT2D eigenvalue weighted by atomic mass is 10.2. The summed E-state index contributed by atoms with van der Waals surface area (Å²) in [5.74, 6) is 4.28. The molecule has 2 aliphatic carbocycles. The maximum absolute atomic E-state index is 6.25. The Labute approximate surface area is 136 Å². The number of hydrogen-bond donors (Lipinski definition) is 0. The van der Waals surface area contributed by atoms with E-state index in [-0.39, 0.29) is 0 Å². The molecule has 0 radical (unpaired) electrons. The number of furan rings is 1. The second-order valence-electron chi connectivity index (χ2n) is 5.83. The molecule has 104 valence electrons. The van der Waals surface area contributed by atoms with Gasteiger partial charge in [-0.15, -0.1) is 0 Å². The van der Waals surface area contributed by atoms with Gasteiger partial charge in [0.2, 0.25) is 0 Å². The largest absolute Gasteiger partial charge is 0.457 e. The Morgan fingerprint density at radius 2 is 2.05 bits per heavy atom. The minimum Gasteiger partial charge on any atom is -0.457 e. The van der Waals surface area contributed by atoms with Crippen molar-refractivity contribution in [1.82, 2.24) is 9.97 Å². The average Bonchev–Trinajstić information content (AvgIpc) is 3.33. The molecule has 2 atom stereocenters. The summed E-state index contributed by atoms with van der Waals surface area (Å²) in [4.78, 5) is 9.06. The molecule has 20 heavy (non-hydrogen) atoms. The fraction of sp³-hybridized carbons (Fsp3) is 0.467. The fourth-order valence-electron chi connectivity index (χ4n) is 2.56. The summed E-state index contributed by atoms with van der Waals surface area (Å²) in [7, 11) is 0. The van der Waals surface area contributed by atoms with E-state index >= 15 is 0 Å². The molecule has 0 saturated heterocycles. The Kier molecular flexibility index (Phi) is 3.07. The third kappa shape index (κ3) is 2.26. The highest BCUT2D eigenvalue weighted by Gasteiger charge is 2.37. The van der Waals surface area contributed by atoms with Crippen molar-refractivity contribution in [2.24, 2.45) is 5.92 Å². The maximum atomic E-state index is 6.25. The van der Waals surface area contributed by atoms with Crippen molar-refractivity contribution in [3.05, 3.63) is 32.3 Å². The van der Waals surface area contributed by atoms with Gasteiger partial charge in [-0.1, -0.05) is 18.5 Å². The zero-order chi connectivity index (χ0) is 13.9. The molecule has 0 aromatic carbocycles. The van der Waals surface area contributed by atoms with Gasteiger partial charge in [0.1, 0.15) is 10.9 Å². The lowest BCUT2D eigenvalue weighted by Gasteiger charge is -2.05. The summed E-state index contributed by atoms with van der Waals surface area (Å²) in [5.41, 5.74) is 1.08. The van der Waals surface area contributed by atoms with Crippen LogP contribution in [0.25, 0.3) is 11.6 Å². The van der Waals surface area contributed by atoms with Gasteiger partial charge in [0, 0.05) is 11.8 Å². The van der Waals surface area contributed by atoms with Crippen molar-refractivity contribution in [2.45, 2.75) is 38.0 Å². The quantitative estimate of drug-likeness (QED) is 0.538. The van der Waals surface area contributed by atoms with Gasteiger partial charge < -0.3 is 4.42 Å². The summed E-state index contributed by atoms with van der Waals surface area (Å²) in [6, 6.07) is 4.02. The van der Waals surface area contributed by atoms with Gasteiger partial charge >= 0.3 is 0 Å². The summed E-state index contributed by atoms with van der Waals surface area (Å²) in [6.45, 7) is 2.25. The highest BCUT2D eigenvalue weighted by atomic mass is 127. The smallest absolute Gasteiger partial charge is 0.197 e. The predicted octanol–water partition coefficient (Wildman–Crippen LogP) is 5.00. The molecule has 0 aliphatic heterocycles. The third-order valence-corrected chi connectivity index (χ3v) is 5.78. The van der Waals surface area contributed by atoms with Crippen LogP contribution in [0.4, 0.5) is 0 Å². The van der Waals surface area contributed by atoms with E-state index in [9.17, 15) is 0 Å². The zero-order valence-electron chi connectivity index (χ0n) is 11.1. The van der Waals surface area contributed by atoms with Crippen molar-refractivity contribution in [3.63, 3.8) is 0 Å². The van der Waals surface area contributed by atoms with Crippen LogP contribution < -0.4 is 0 Å². The van der Waals surface area contributed by atoms with Crippen LogP contribution in [0.15, 0.2) is 16.5 Å². The monoisotopic (exact) mass is 400 g/mol. The lowest BCUT2D eigenvalue weighted by molar-refractivity contribution is 0.514. The number of nitrogens with zero attached hydrogens (tertiary/aromatic N) is 2. The molecule has 3 nitrogen and oxygen atoms in total. The Bertz CT molecular complexity index is 681. The van der Waals surface area contributed by atoms with Gasteiger partial charge in [-0.25, -0.2) is 9.97 Å². The Balaban J connectivity index is 1.72. The minimum absolute atomic E-state index is 0.537. The highest BCUT2D eigenvalue weighted by Crippen LogP contribution is 2.48. The Hall–Kier alpha value is -0.620. The molecule has 2 unspecified atom stereocenters. The zero-order valence-corrected chi connectivity index (χ0v) is 14.0. The molecule has 2 fully saturated rings. The second kappa shape index (κ2) is 4.70. The average molecular weight is 401 g/mol. The molecule has 0 bridgehead atoms. The molecule has 0 amide bonds. The maximum Gasteiger partial charge on any atom is 0.197 e. The van der Waals surface area contributed by atoms with E-state index in [1.807, 2.05) is 6.07 Å². The van der Waals surface area contributed by atoms with Crippen LogP contribution in [-0.2, 0) is 0 Å². The van der Waals surface area contributed by atoms with Crippen molar-refractivity contribution in [1.29, 1.82) is 0 Å². The first kappa shape index (κ1) is 13.1. The van der Waals surface area contributed by atoms with Crippen LogP contribution in [0.5, 0.6) is 0 Å². The molecular weight excluding hydrogens is 387 g/mol. The molecule has 2 aromatic heterocycles. The normalized spacial score (nSPS) is 24.9. The molecule has 2 saturated carbocycles. The molecule has 0 N–H and O–H groups in total. The first-order chi connectivity index (χ1) is 9.63. The predicted molar refractivity (Wildman–Crippen MR) is 86.0 cm³/mol. The van der Waals surface area contributed by atoms with E-state index in [0.29, 0.717) is 22.8 Å². The second-order valence-corrected chi connectivity index (χ2v) is 7.27. The topological polar surface area (TPSA) is 38.9 Å². The van der Waals surface area contributed by atoms with Gasteiger partial charge in [0.25, 0.3) is 0 Å². The molecule has 2 aliphatic rings. The highest BCUT2D eigenvalue weighted by molar-refractivity contribution is 14.1. The van der Waals surface area contributed by atoms with Gasteiger partial charge in [0.15, 0.2) is 11.6 Å². The lowest BCUT2D eigenvalue weighted by Crippen LogP contribution is -1.98. The first-order valence-electron chi connectivity index (χ1n) is 6.96. The van der Waals surface area contributed by atoms with E-state index in [1.54, 1.807) is 0 Å². The summed E-state index contributed by atoms with van der Waals surface area (Å²) < 4.78 is 6.91. The van der Waals surface area contributed by atoms with Crippen LogP contribution >= 0.6 is 34.2 Å². The molecule has 5 heteroatoms. The van der Waals surface area contributed by atoms with Crippen molar-refractivity contribution >= 4 is 34.2 Å². The molecular formula is C15H14ClIN2O. The van der Waals surface area contributed by atoms with Gasteiger partial charge in [-0.05, 0) is 59.9 Å². The van der Waals surface area contributed by atoms with Crippen LogP contribution in [0.1, 0.15) is 49.5 Å². The van der Waals surface area contributed by atoms with Gasteiger partial charge in [-0.2, -0.15) is 0 Å². The molecule has 2 aromatic rings. The van der Waals surface area contributed by atoms with Crippen molar-refractivity contribution in [3.8, 4) is 11.6 Å². The van der Waals surface area contributed by atoms with Crippen LogP contribution in [0.2, 0.25) is 5.15 Å². The fourth-order valence-corrected chi connectivity index (χ4v) is 3.42. The van der Waals surface area contributed by atoms with Crippen LogP contribution in [-0.4, -0.2) is 9.97 Å². The SMILES string of the molecule is CC1CC1c1ccc(-c2nc(Cl)c(I)c(C3CC3)n2)o1. The summed E-state index contributed by atoms with van der Waals surface area (Å²) in [6.07, 6.45) is 3.62. The van der Waals surface area contributed by atoms with E-state index in [2.05, 4.69) is 45.5 Å². The summed E-state index contributed by atoms with van der Waals surface area (Å²) >= 11 is 8.48. The number of aromatic nitrogens is 2. The van der Waals surface area contributed by atoms with Crippen molar-refractivity contribution < 1.29 is 4.42 Å². The summed E-state index contributed by atoms with van der Waals surface area (Å²) in [5, 5.41) is 0.537. The number of halogens is 2. The van der Waals surface area contributed by atoms with Crippen LogP contribution in [0, 0.1) is 9.49 Å². The van der Waals surface area contributed by atoms with Crippen LogP contribution in [0.3, 0.4) is 0 Å². The van der Waals surface area contributed by atoms with E-state index in [1.165, 1.54) is 19.3 Å². The molecule has 2 heterocycles. The molecule has 4 rings (SSSR count). The first-order valence-corrected chi connectivity index (χ1v) is 8.42. The number of rotatable bonds is 3. The Morgan fingerprint density at radius 1 is 1.30 bits per heavy atom. The molecule has 0 spiro atoms. The van der Waals surface area contributed by atoms with E-state index in [4.69, 9.17) is 16.0 Å². The van der Waals surface area contributed by atoms with Crippen molar-refractivity contribution in [2.75, 3.05) is 0 Å². The number of hydrogen-bond acceptors (Lipinski definition) is 3. The minimum atomic E-state index is 0.537. The third-order valence-electron chi connectivity index (χ3n) is 4.12. The Morgan fingerprint density at radius 3 is 2.70 bits per heavy atom.